The Balaban J connectivity index is 1.94. The molecule has 15 heavy (non-hydrogen) atoms. The van der Waals surface area contributed by atoms with Crippen LogP contribution in [0.5, 0.6) is 0 Å². The van der Waals surface area contributed by atoms with Crippen molar-refractivity contribution >= 4 is 0 Å². The predicted octanol–water partition coefficient (Wildman–Crippen LogP) is 2.03. The fourth-order valence-electron chi connectivity index (χ4n) is 2.42. The summed E-state index contributed by atoms with van der Waals surface area (Å²) >= 11 is 0. The molecule has 2 heteroatoms. The Morgan fingerprint density at radius 1 is 1.27 bits per heavy atom. The molecular weight excluding hydrogens is 186 g/mol. The molecule has 0 aliphatic heterocycles. The maximum absolute atomic E-state index is 9.80. The lowest BCUT2D eigenvalue weighted by molar-refractivity contribution is 0.0825. The van der Waals surface area contributed by atoms with E-state index in [1.807, 2.05) is 6.07 Å². The van der Waals surface area contributed by atoms with Crippen molar-refractivity contribution in [2.45, 2.75) is 38.0 Å². The maximum atomic E-state index is 9.80. The van der Waals surface area contributed by atoms with Crippen molar-refractivity contribution < 1.29 is 5.11 Å². The van der Waals surface area contributed by atoms with Gasteiger partial charge in [0.05, 0.1) is 6.10 Å². The number of aliphatic hydroxyl groups excluding tert-OH is 1. The Morgan fingerprint density at radius 3 is 2.60 bits per heavy atom. The molecule has 0 saturated heterocycles. The fourth-order valence-corrected chi connectivity index (χ4v) is 2.42. The van der Waals surface area contributed by atoms with Gasteiger partial charge in [0.15, 0.2) is 0 Å². The van der Waals surface area contributed by atoms with E-state index in [-0.39, 0.29) is 6.10 Å². The predicted molar refractivity (Wildman–Crippen MR) is 61.6 cm³/mol. The van der Waals surface area contributed by atoms with E-state index in [9.17, 15) is 5.11 Å². The van der Waals surface area contributed by atoms with E-state index in [1.165, 1.54) is 5.56 Å². The van der Waals surface area contributed by atoms with Gasteiger partial charge in [-0.25, -0.2) is 0 Å². The fraction of sp³-hybridized carbons (Fsp3) is 0.538. The van der Waals surface area contributed by atoms with Gasteiger partial charge in [0.25, 0.3) is 0 Å². The summed E-state index contributed by atoms with van der Waals surface area (Å²) < 4.78 is 0. The van der Waals surface area contributed by atoms with Gasteiger partial charge in [0.1, 0.15) is 0 Å². The molecule has 0 unspecified atom stereocenters. The van der Waals surface area contributed by atoms with Crippen LogP contribution in [-0.2, 0) is 6.54 Å². The summed E-state index contributed by atoms with van der Waals surface area (Å²) in [6.45, 7) is 0.933. The van der Waals surface area contributed by atoms with Gasteiger partial charge in [-0.05, 0) is 31.9 Å². The monoisotopic (exact) mass is 205 g/mol. The van der Waals surface area contributed by atoms with Crippen LogP contribution in [0.25, 0.3) is 0 Å². The van der Waals surface area contributed by atoms with E-state index in [0.717, 1.165) is 25.8 Å². The molecule has 1 fully saturated rings. The van der Waals surface area contributed by atoms with Crippen LogP contribution in [0, 0.1) is 0 Å². The number of nitrogens with zero attached hydrogens (tertiary/aromatic N) is 1. The van der Waals surface area contributed by atoms with Gasteiger partial charge < -0.3 is 5.11 Å². The summed E-state index contributed by atoms with van der Waals surface area (Å²) in [6.07, 6.45) is 3.12. The van der Waals surface area contributed by atoms with Crippen molar-refractivity contribution in [3.05, 3.63) is 35.9 Å². The molecule has 1 aromatic rings. The third kappa shape index (κ3) is 2.58. The minimum absolute atomic E-state index is 0.126. The Bertz CT molecular complexity index is 299. The van der Waals surface area contributed by atoms with E-state index in [2.05, 4.69) is 36.2 Å². The Morgan fingerprint density at radius 2 is 2.00 bits per heavy atom. The lowest BCUT2D eigenvalue weighted by Gasteiger charge is -2.26. The molecule has 1 aliphatic carbocycles. The highest BCUT2D eigenvalue weighted by molar-refractivity contribution is 5.14. The third-order valence-electron chi connectivity index (χ3n) is 3.28. The topological polar surface area (TPSA) is 23.5 Å². The first-order valence-corrected chi connectivity index (χ1v) is 5.69. The molecule has 2 rings (SSSR count). The van der Waals surface area contributed by atoms with E-state index in [1.54, 1.807) is 0 Å². The first kappa shape index (κ1) is 10.7. The maximum Gasteiger partial charge on any atom is 0.0695 e. The summed E-state index contributed by atoms with van der Waals surface area (Å²) in [5.74, 6) is 0. The second-order valence-electron chi connectivity index (χ2n) is 4.47. The van der Waals surface area contributed by atoms with Crippen molar-refractivity contribution in [1.29, 1.82) is 0 Å². The number of likely N-dealkylation sites (N-methyl/N-ethyl adjacent to an activating group) is 1. The van der Waals surface area contributed by atoms with Crippen LogP contribution < -0.4 is 0 Å². The number of benzene rings is 1. The van der Waals surface area contributed by atoms with Gasteiger partial charge in [-0.3, -0.25) is 4.90 Å². The summed E-state index contributed by atoms with van der Waals surface area (Å²) in [7, 11) is 2.10. The van der Waals surface area contributed by atoms with Crippen molar-refractivity contribution in [1.82, 2.24) is 4.90 Å². The quantitative estimate of drug-likeness (QED) is 0.816. The summed E-state index contributed by atoms with van der Waals surface area (Å²) in [6, 6.07) is 10.8. The largest absolute Gasteiger partial charge is 0.391 e. The third-order valence-corrected chi connectivity index (χ3v) is 3.28. The molecule has 0 spiro atoms. The van der Waals surface area contributed by atoms with Crippen LogP contribution in [0.3, 0.4) is 0 Å². The average molecular weight is 205 g/mol. The van der Waals surface area contributed by atoms with Crippen LogP contribution in [0.2, 0.25) is 0 Å². The number of hydrogen-bond acceptors (Lipinski definition) is 2. The van der Waals surface area contributed by atoms with Crippen LogP contribution >= 0.6 is 0 Å². The number of rotatable bonds is 3. The van der Waals surface area contributed by atoms with Crippen LogP contribution in [0.4, 0.5) is 0 Å². The normalized spacial score (nSPS) is 26.1. The zero-order chi connectivity index (χ0) is 10.7. The Hall–Kier alpha value is -0.860. The molecule has 0 amide bonds. The molecule has 1 N–H and O–H groups in total. The standard InChI is InChI=1S/C13H19NO/c1-14(12-8-5-9-13(12)15)10-11-6-3-2-4-7-11/h2-4,6-7,12-13,15H,5,8-10H2,1H3/t12-,13-/m1/s1. The highest BCUT2D eigenvalue weighted by atomic mass is 16.3. The van der Waals surface area contributed by atoms with E-state index < -0.39 is 0 Å². The van der Waals surface area contributed by atoms with Crippen molar-refractivity contribution in [2.75, 3.05) is 7.05 Å². The Kier molecular flexibility index (Phi) is 3.39. The molecule has 82 valence electrons. The second kappa shape index (κ2) is 4.77. The lowest BCUT2D eigenvalue weighted by atomic mass is 10.1. The molecular formula is C13H19NO. The Labute approximate surface area is 91.5 Å². The zero-order valence-electron chi connectivity index (χ0n) is 9.26. The van der Waals surface area contributed by atoms with Gasteiger partial charge in [-0.15, -0.1) is 0 Å². The molecule has 1 aliphatic rings. The smallest absolute Gasteiger partial charge is 0.0695 e. The van der Waals surface area contributed by atoms with Gasteiger partial charge in [-0.2, -0.15) is 0 Å². The van der Waals surface area contributed by atoms with E-state index in [0.29, 0.717) is 6.04 Å². The van der Waals surface area contributed by atoms with Gasteiger partial charge in [0, 0.05) is 12.6 Å². The average Bonchev–Trinajstić information content (AvgIpc) is 2.66. The van der Waals surface area contributed by atoms with Gasteiger partial charge in [0.2, 0.25) is 0 Å². The minimum atomic E-state index is -0.126. The molecule has 1 aromatic carbocycles. The van der Waals surface area contributed by atoms with E-state index in [4.69, 9.17) is 0 Å². The van der Waals surface area contributed by atoms with Crippen LogP contribution in [0.15, 0.2) is 30.3 Å². The van der Waals surface area contributed by atoms with E-state index >= 15 is 0 Å². The second-order valence-corrected chi connectivity index (χ2v) is 4.47. The molecule has 2 nitrogen and oxygen atoms in total. The van der Waals surface area contributed by atoms with Crippen LogP contribution in [0.1, 0.15) is 24.8 Å². The highest BCUT2D eigenvalue weighted by Crippen LogP contribution is 2.24. The summed E-state index contributed by atoms with van der Waals surface area (Å²) in [4.78, 5) is 2.27. The lowest BCUT2D eigenvalue weighted by Crippen LogP contribution is -2.36. The van der Waals surface area contributed by atoms with Crippen molar-refractivity contribution in [3.8, 4) is 0 Å². The number of hydrogen-bond donors (Lipinski definition) is 1. The van der Waals surface area contributed by atoms with Gasteiger partial charge in [-0.1, -0.05) is 30.3 Å². The summed E-state index contributed by atoms with van der Waals surface area (Å²) in [5.41, 5.74) is 1.32. The highest BCUT2D eigenvalue weighted by Gasteiger charge is 2.28. The SMILES string of the molecule is CN(Cc1ccccc1)[C@@H]1CCC[C@H]1O. The minimum Gasteiger partial charge on any atom is -0.391 e. The first-order chi connectivity index (χ1) is 7.27. The summed E-state index contributed by atoms with van der Waals surface area (Å²) in [5, 5.41) is 9.80. The molecule has 0 heterocycles. The van der Waals surface area contributed by atoms with Crippen LogP contribution in [-0.4, -0.2) is 29.2 Å². The van der Waals surface area contributed by atoms with Crippen molar-refractivity contribution in [3.63, 3.8) is 0 Å². The molecule has 0 aromatic heterocycles. The number of aliphatic hydroxyl groups is 1. The molecule has 2 atom stereocenters. The first-order valence-electron chi connectivity index (χ1n) is 5.69. The molecule has 0 bridgehead atoms. The van der Waals surface area contributed by atoms with Gasteiger partial charge >= 0.3 is 0 Å². The molecule has 1 saturated carbocycles. The molecule has 0 radical (unpaired) electrons. The zero-order valence-corrected chi connectivity index (χ0v) is 9.26. The van der Waals surface area contributed by atoms with Crippen molar-refractivity contribution in [2.24, 2.45) is 0 Å².